The first-order valence-corrected chi connectivity index (χ1v) is 10.5. The molecule has 32 heavy (non-hydrogen) atoms. The minimum Gasteiger partial charge on any atom is -0.325 e. The first kappa shape index (κ1) is 21.2. The smallest absolute Gasteiger partial charge is 0.325 e. The number of para-hydroxylation sites is 1. The van der Waals surface area contributed by atoms with Crippen LogP contribution in [0, 0.1) is 13.8 Å². The molecule has 0 unspecified atom stereocenters. The van der Waals surface area contributed by atoms with Gasteiger partial charge >= 0.3 is 5.69 Å². The van der Waals surface area contributed by atoms with Gasteiger partial charge in [-0.3, -0.25) is 9.59 Å². The van der Waals surface area contributed by atoms with Gasteiger partial charge in [-0.15, -0.1) is 0 Å². The molecule has 1 N–H and O–H groups in total. The first-order chi connectivity index (χ1) is 15.4. The van der Waals surface area contributed by atoms with Gasteiger partial charge in [-0.25, -0.2) is 18.9 Å². The molecule has 7 heteroatoms. The van der Waals surface area contributed by atoms with Crippen LogP contribution in [-0.4, -0.2) is 20.0 Å². The van der Waals surface area contributed by atoms with Gasteiger partial charge in [-0.05, 0) is 61.7 Å². The summed E-state index contributed by atoms with van der Waals surface area (Å²) in [7, 11) is 0. The number of rotatable bonds is 5. The lowest BCUT2D eigenvalue weighted by Crippen LogP contribution is -2.42. The van der Waals surface area contributed by atoms with Crippen LogP contribution in [0.5, 0.6) is 0 Å². The Balaban J connectivity index is 1.85. The second-order valence-electron chi connectivity index (χ2n) is 7.73. The number of anilines is 1. The third-order valence-electron chi connectivity index (χ3n) is 5.35. The lowest BCUT2D eigenvalue weighted by molar-refractivity contribution is -0.116. The second kappa shape index (κ2) is 8.63. The normalized spacial score (nSPS) is 11.0. The summed E-state index contributed by atoms with van der Waals surface area (Å²) in [5.74, 6) is -0.450. The Bertz CT molecular complexity index is 1440. The zero-order chi connectivity index (χ0) is 22.8. The second-order valence-corrected chi connectivity index (χ2v) is 7.73. The van der Waals surface area contributed by atoms with Gasteiger partial charge in [-0.2, -0.15) is 0 Å². The summed E-state index contributed by atoms with van der Waals surface area (Å²) in [6, 6.07) is 18.3. The lowest BCUT2D eigenvalue weighted by Gasteiger charge is -2.15. The fraction of sp³-hybridized carbons (Fsp3) is 0.200. The van der Waals surface area contributed by atoms with Gasteiger partial charge in [-0.1, -0.05) is 37.3 Å². The lowest BCUT2D eigenvalue weighted by atomic mass is 10.1. The quantitative estimate of drug-likeness (QED) is 0.528. The van der Waals surface area contributed by atoms with Crippen LogP contribution in [0.15, 0.2) is 70.3 Å². The Morgan fingerprint density at radius 1 is 1.00 bits per heavy atom. The van der Waals surface area contributed by atoms with Gasteiger partial charge < -0.3 is 5.32 Å². The molecule has 0 atom stereocenters. The van der Waals surface area contributed by atoms with E-state index in [4.69, 9.17) is 0 Å². The van der Waals surface area contributed by atoms with Gasteiger partial charge in [0.2, 0.25) is 5.91 Å². The summed E-state index contributed by atoms with van der Waals surface area (Å²) in [6.45, 7) is 5.25. The molecule has 0 aliphatic rings. The number of aromatic nitrogens is 3. The van der Waals surface area contributed by atoms with Gasteiger partial charge in [0.25, 0.3) is 5.56 Å². The van der Waals surface area contributed by atoms with Crippen molar-refractivity contribution in [1.82, 2.24) is 14.1 Å². The van der Waals surface area contributed by atoms with Gasteiger partial charge in [0.15, 0.2) is 5.65 Å². The van der Waals surface area contributed by atoms with Gasteiger partial charge in [0, 0.05) is 11.4 Å². The topological polar surface area (TPSA) is 86.0 Å². The molecule has 1 amide bonds. The molecule has 2 heterocycles. The molecule has 4 rings (SSSR count). The van der Waals surface area contributed by atoms with Crippen LogP contribution in [0.2, 0.25) is 0 Å². The zero-order valence-electron chi connectivity index (χ0n) is 18.3. The molecule has 2 aromatic carbocycles. The number of amides is 1. The maximum absolute atomic E-state index is 13.4. The molecule has 0 radical (unpaired) electrons. The standard InChI is InChI=1S/C25H24N4O3/c1-4-18-9-8-10-19(14-18)27-21(30)15-28-24(31)22-16(2)13-17(3)26-23(22)29(25(28)32)20-11-6-5-7-12-20/h5-14H,4,15H2,1-3H3,(H,27,30). The van der Waals surface area contributed by atoms with E-state index in [2.05, 4.69) is 10.3 Å². The molecular formula is C25H24N4O3. The third kappa shape index (κ3) is 3.97. The van der Waals surface area contributed by atoms with E-state index in [1.54, 1.807) is 43.3 Å². The summed E-state index contributed by atoms with van der Waals surface area (Å²) in [6.07, 6.45) is 0.835. The van der Waals surface area contributed by atoms with Crippen LogP contribution in [0.4, 0.5) is 5.69 Å². The molecular weight excluding hydrogens is 404 g/mol. The van der Waals surface area contributed by atoms with Crippen molar-refractivity contribution in [1.29, 1.82) is 0 Å². The van der Waals surface area contributed by atoms with Gasteiger partial charge in [0.05, 0.1) is 11.1 Å². The summed E-state index contributed by atoms with van der Waals surface area (Å²) in [5.41, 5.74) is 2.83. The number of carbonyl (C=O) groups is 1. The van der Waals surface area contributed by atoms with Crippen LogP contribution in [0.25, 0.3) is 16.7 Å². The van der Waals surface area contributed by atoms with E-state index in [-0.39, 0.29) is 5.65 Å². The van der Waals surface area contributed by atoms with Crippen molar-refractivity contribution < 1.29 is 4.79 Å². The average molecular weight is 428 g/mol. The Morgan fingerprint density at radius 2 is 1.75 bits per heavy atom. The largest absolute Gasteiger partial charge is 0.337 e. The highest BCUT2D eigenvalue weighted by atomic mass is 16.2. The molecule has 162 valence electrons. The molecule has 0 spiro atoms. The molecule has 0 aliphatic carbocycles. The Morgan fingerprint density at radius 3 is 2.47 bits per heavy atom. The van der Waals surface area contributed by atoms with E-state index in [0.717, 1.165) is 16.6 Å². The molecule has 0 saturated carbocycles. The predicted molar refractivity (Wildman–Crippen MR) is 126 cm³/mol. The monoisotopic (exact) mass is 428 g/mol. The molecule has 7 nitrogen and oxygen atoms in total. The maximum atomic E-state index is 13.4. The van der Waals surface area contributed by atoms with Crippen LogP contribution in [-0.2, 0) is 17.8 Å². The molecule has 4 aromatic rings. The molecule has 0 saturated heterocycles. The fourth-order valence-electron chi connectivity index (χ4n) is 3.84. The Hall–Kier alpha value is -4.00. The van der Waals surface area contributed by atoms with Crippen molar-refractivity contribution in [3.05, 3.63) is 98.3 Å². The third-order valence-corrected chi connectivity index (χ3v) is 5.35. The predicted octanol–water partition coefficient (Wildman–Crippen LogP) is 3.37. The molecule has 0 aliphatic heterocycles. The summed E-state index contributed by atoms with van der Waals surface area (Å²) in [4.78, 5) is 44.0. The number of nitrogens with zero attached hydrogens (tertiary/aromatic N) is 3. The van der Waals surface area contributed by atoms with Crippen molar-refractivity contribution in [3.8, 4) is 5.69 Å². The fourth-order valence-corrected chi connectivity index (χ4v) is 3.84. The molecule has 2 aromatic heterocycles. The van der Waals surface area contributed by atoms with Gasteiger partial charge in [0.1, 0.15) is 6.54 Å². The number of aryl methyl sites for hydroxylation is 3. The highest BCUT2D eigenvalue weighted by Crippen LogP contribution is 2.17. The van der Waals surface area contributed by atoms with E-state index in [0.29, 0.717) is 28.0 Å². The van der Waals surface area contributed by atoms with Crippen LogP contribution >= 0.6 is 0 Å². The summed E-state index contributed by atoms with van der Waals surface area (Å²) < 4.78 is 2.36. The summed E-state index contributed by atoms with van der Waals surface area (Å²) in [5, 5.41) is 3.11. The Kier molecular flexibility index (Phi) is 5.73. The maximum Gasteiger partial charge on any atom is 0.337 e. The van der Waals surface area contributed by atoms with E-state index in [1.165, 1.54) is 4.57 Å². The number of hydrogen-bond donors (Lipinski definition) is 1. The van der Waals surface area contributed by atoms with E-state index in [1.807, 2.05) is 38.1 Å². The number of pyridine rings is 1. The number of hydrogen-bond acceptors (Lipinski definition) is 4. The number of benzene rings is 2. The van der Waals surface area contributed by atoms with E-state index in [9.17, 15) is 14.4 Å². The van der Waals surface area contributed by atoms with Crippen molar-refractivity contribution in [3.63, 3.8) is 0 Å². The van der Waals surface area contributed by atoms with Crippen molar-refractivity contribution in [2.45, 2.75) is 33.7 Å². The SMILES string of the molecule is CCc1cccc(NC(=O)Cn2c(=O)c3c(C)cc(C)nc3n(-c3ccccc3)c2=O)c1. The number of nitrogens with one attached hydrogen (secondary N) is 1. The minimum absolute atomic E-state index is 0.288. The average Bonchev–Trinajstić information content (AvgIpc) is 2.77. The van der Waals surface area contributed by atoms with Crippen LogP contribution < -0.4 is 16.6 Å². The van der Waals surface area contributed by atoms with Crippen molar-refractivity contribution in [2.24, 2.45) is 0 Å². The van der Waals surface area contributed by atoms with Crippen molar-refractivity contribution >= 4 is 22.6 Å². The number of carbonyl (C=O) groups excluding carboxylic acids is 1. The molecule has 0 bridgehead atoms. The first-order valence-electron chi connectivity index (χ1n) is 10.5. The number of fused-ring (bicyclic) bond motifs is 1. The van der Waals surface area contributed by atoms with E-state index >= 15 is 0 Å². The molecule has 0 fully saturated rings. The van der Waals surface area contributed by atoms with E-state index < -0.39 is 23.7 Å². The highest BCUT2D eigenvalue weighted by Gasteiger charge is 2.19. The van der Waals surface area contributed by atoms with Crippen LogP contribution in [0.3, 0.4) is 0 Å². The highest BCUT2D eigenvalue weighted by molar-refractivity contribution is 5.91. The summed E-state index contributed by atoms with van der Waals surface area (Å²) >= 11 is 0. The zero-order valence-corrected chi connectivity index (χ0v) is 18.3. The van der Waals surface area contributed by atoms with Crippen molar-refractivity contribution in [2.75, 3.05) is 5.32 Å². The minimum atomic E-state index is -0.608. The van der Waals surface area contributed by atoms with Crippen LogP contribution in [0.1, 0.15) is 23.7 Å². The Labute approximate surface area is 185 Å².